The molecule has 0 saturated carbocycles. The van der Waals surface area contributed by atoms with Gasteiger partial charge in [-0.25, -0.2) is 4.39 Å². The first kappa shape index (κ1) is 9.65. The van der Waals surface area contributed by atoms with Crippen LogP contribution in [0.1, 0.15) is 19.4 Å². The molecule has 1 rings (SSSR count). The number of benzene rings is 1. The second kappa shape index (κ2) is 3.99. The quantitative estimate of drug-likeness (QED) is 0.636. The van der Waals surface area contributed by atoms with Gasteiger partial charge in [0.05, 0.1) is 0 Å². The van der Waals surface area contributed by atoms with E-state index in [1.807, 2.05) is 0 Å². The fourth-order valence-corrected chi connectivity index (χ4v) is 0.927. The van der Waals surface area contributed by atoms with Crippen LogP contribution in [0.25, 0.3) is 6.08 Å². The molecule has 0 amide bonds. The molecule has 1 aromatic rings. The third-order valence-electron chi connectivity index (χ3n) is 1.83. The zero-order chi connectivity index (χ0) is 9.84. The Kier molecular flexibility index (Phi) is 2.96. The first-order chi connectivity index (χ1) is 6.11. The summed E-state index contributed by atoms with van der Waals surface area (Å²) in [5.74, 6) is -0.341. The number of halogens is 1. The van der Waals surface area contributed by atoms with Gasteiger partial charge in [0.2, 0.25) is 0 Å². The van der Waals surface area contributed by atoms with E-state index >= 15 is 0 Å². The molecule has 0 heterocycles. The Balaban J connectivity index is 3.04. The van der Waals surface area contributed by atoms with Crippen molar-refractivity contribution in [3.05, 3.63) is 41.2 Å². The molecule has 68 valence electrons. The van der Waals surface area contributed by atoms with Gasteiger partial charge in [-0.05, 0) is 31.6 Å². The van der Waals surface area contributed by atoms with Crippen molar-refractivity contribution in [2.75, 3.05) is 0 Å². The first-order valence-corrected chi connectivity index (χ1v) is 4.05. The highest BCUT2D eigenvalue weighted by Crippen LogP contribution is 2.11. The summed E-state index contributed by atoms with van der Waals surface area (Å²) in [7, 11) is 0. The second-order valence-electron chi connectivity index (χ2n) is 2.91. The molecule has 0 bridgehead atoms. The molecule has 0 aliphatic carbocycles. The van der Waals surface area contributed by atoms with Gasteiger partial charge in [0.1, 0.15) is 5.82 Å². The van der Waals surface area contributed by atoms with Crippen molar-refractivity contribution in [2.45, 2.75) is 13.8 Å². The fraction of sp³-hybridized carbons (Fsp3) is 0.182. The molecule has 13 heavy (non-hydrogen) atoms. The van der Waals surface area contributed by atoms with Crippen molar-refractivity contribution in [1.29, 1.82) is 0 Å². The van der Waals surface area contributed by atoms with Gasteiger partial charge in [0.25, 0.3) is 0 Å². The first-order valence-electron chi connectivity index (χ1n) is 4.05. The fourth-order valence-electron chi connectivity index (χ4n) is 0.927. The van der Waals surface area contributed by atoms with Crippen LogP contribution >= 0.6 is 0 Å². The molecule has 2 heteroatoms. The number of rotatable bonds is 2. The van der Waals surface area contributed by atoms with Crippen molar-refractivity contribution in [2.24, 2.45) is 0 Å². The van der Waals surface area contributed by atoms with Gasteiger partial charge in [-0.1, -0.05) is 18.2 Å². The van der Waals surface area contributed by atoms with Crippen LogP contribution < -0.4 is 0 Å². The van der Waals surface area contributed by atoms with E-state index in [0.29, 0.717) is 11.1 Å². The molecular formula is C11H11FO. The van der Waals surface area contributed by atoms with E-state index in [0.717, 1.165) is 0 Å². The molecule has 0 aliphatic rings. The highest BCUT2D eigenvalue weighted by molar-refractivity contribution is 5.97. The van der Waals surface area contributed by atoms with E-state index in [2.05, 4.69) is 0 Å². The standard InChI is InChI=1S/C11H11FO/c1-8(9(2)13)7-10-5-3-4-6-11(10)12/h3-7H,1-2H3/b8-7+. The van der Waals surface area contributed by atoms with E-state index in [4.69, 9.17) is 0 Å². The maximum Gasteiger partial charge on any atom is 0.155 e. The minimum atomic E-state index is -0.303. The van der Waals surface area contributed by atoms with E-state index in [1.165, 1.54) is 13.0 Å². The average molecular weight is 178 g/mol. The van der Waals surface area contributed by atoms with Crippen LogP contribution in [0, 0.1) is 5.82 Å². The van der Waals surface area contributed by atoms with Crippen LogP contribution in [0.5, 0.6) is 0 Å². The predicted molar refractivity (Wildman–Crippen MR) is 50.7 cm³/mol. The van der Waals surface area contributed by atoms with Crippen molar-refractivity contribution in [3.63, 3.8) is 0 Å². The second-order valence-corrected chi connectivity index (χ2v) is 2.91. The van der Waals surface area contributed by atoms with Crippen molar-refractivity contribution < 1.29 is 9.18 Å². The molecule has 0 spiro atoms. The van der Waals surface area contributed by atoms with Gasteiger partial charge >= 0.3 is 0 Å². The molecule has 1 aromatic carbocycles. The molecule has 0 aromatic heterocycles. The summed E-state index contributed by atoms with van der Waals surface area (Å²) in [5.41, 5.74) is 1.01. The van der Waals surface area contributed by atoms with Gasteiger partial charge in [-0.3, -0.25) is 4.79 Å². The van der Waals surface area contributed by atoms with Gasteiger partial charge in [-0.15, -0.1) is 0 Å². The van der Waals surface area contributed by atoms with E-state index in [-0.39, 0.29) is 11.6 Å². The minimum absolute atomic E-state index is 0.0387. The largest absolute Gasteiger partial charge is 0.295 e. The minimum Gasteiger partial charge on any atom is -0.295 e. The van der Waals surface area contributed by atoms with Crippen LogP contribution in [-0.2, 0) is 4.79 Å². The number of ketones is 1. The van der Waals surface area contributed by atoms with Gasteiger partial charge < -0.3 is 0 Å². The van der Waals surface area contributed by atoms with Crippen molar-refractivity contribution >= 4 is 11.9 Å². The summed E-state index contributed by atoms with van der Waals surface area (Å²) in [6.07, 6.45) is 1.55. The van der Waals surface area contributed by atoms with Crippen LogP contribution in [0.15, 0.2) is 29.8 Å². The molecular weight excluding hydrogens is 167 g/mol. The predicted octanol–water partition coefficient (Wildman–Crippen LogP) is 2.82. The average Bonchev–Trinajstić information content (AvgIpc) is 2.08. The van der Waals surface area contributed by atoms with Crippen LogP contribution in [0.3, 0.4) is 0 Å². The van der Waals surface area contributed by atoms with E-state index in [1.54, 1.807) is 31.2 Å². The Labute approximate surface area is 76.9 Å². The lowest BCUT2D eigenvalue weighted by Gasteiger charge is -1.97. The Morgan fingerprint density at radius 2 is 1.92 bits per heavy atom. The summed E-state index contributed by atoms with van der Waals surface area (Å²) < 4.78 is 13.1. The number of allylic oxidation sites excluding steroid dienone is 1. The number of carbonyl (C=O) groups excluding carboxylic acids is 1. The smallest absolute Gasteiger partial charge is 0.155 e. The lowest BCUT2D eigenvalue weighted by Crippen LogP contribution is -1.91. The Morgan fingerprint density at radius 3 is 2.46 bits per heavy atom. The zero-order valence-corrected chi connectivity index (χ0v) is 7.67. The van der Waals surface area contributed by atoms with E-state index in [9.17, 15) is 9.18 Å². The third-order valence-corrected chi connectivity index (χ3v) is 1.83. The topological polar surface area (TPSA) is 17.1 Å². The summed E-state index contributed by atoms with van der Waals surface area (Å²) >= 11 is 0. The third kappa shape index (κ3) is 2.51. The number of hydrogen-bond donors (Lipinski definition) is 0. The van der Waals surface area contributed by atoms with Crippen LogP contribution in [0.4, 0.5) is 4.39 Å². The van der Waals surface area contributed by atoms with E-state index < -0.39 is 0 Å². The van der Waals surface area contributed by atoms with Gasteiger partial charge in [0, 0.05) is 5.56 Å². The number of hydrogen-bond acceptors (Lipinski definition) is 1. The van der Waals surface area contributed by atoms with Crippen molar-refractivity contribution in [1.82, 2.24) is 0 Å². The van der Waals surface area contributed by atoms with Gasteiger partial charge in [-0.2, -0.15) is 0 Å². The molecule has 0 atom stereocenters. The molecule has 1 nitrogen and oxygen atoms in total. The normalized spacial score (nSPS) is 11.5. The molecule has 0 unspecified atom stereocenters. The highest BCUT2D eigenvalue weighted by atomic mass is 19.1. The summed E-state index contributed by atoms with van der Waals surface area (Å²) in [5, 5.41) is 0. The van der Waals surface area contributed by atoms with Crippen molar-refractivity contribution in [3.8, 4) is 0 Å². The summed E-state index contributed by atoms with van der Waals surface area (Å²) in [6.45, 7) is 3.14. The summed E-state index contributed by atoms with van der Waals surface area (Å²) in [4.78, 5) is 10.9. The SMILES string of the molecule is CC(=O)/C(C)=C/c1ccccc1F. The Bertz CT molecular complexity index is 353. The molecule has 0 radical (unpaired) electrons. The molecule has 0 aliphatic heterocycles. The zero-order valence-electron chi connectivity index (χ0n) is 7.67. The molecule has 0 N–H and O–H groups in total. The highest BCUT2D eigenvalue weighted by Gasteiger charge is 2.00. The Morgan fingerprint density at radius 1 is 1.31 bits per heavy atom. The molecule has 0 fully saturated rings. The van der Waals surface area contributed by atoms with Gasteiger partial charge in [0.15, 0.2) is 5.78 Å². The monoisotopic (exact) mass is 178 g/mol. The summed E-state index contributed by atoms with van der Waals surface area (Å²) in [6, 6.07) is 6.37. The number of carbonyl (C=O) groups is 1. The lowest BCUT2D eigenvalue weighted by atomic mass is 10.1. The Hall–Kier alpha value is -1.44. The number of Topliss-reactive ketones (excluding diaryl/α,β-unsaturated/α-hetero) is 1. The van der Waals surface area contributed by atoms with Crippen LogP contribution in [0.2, 0.25) is 0 Å². The lowest BCUT2D eigenvalue weighted by molar-refractivity contribution is -0.113. The van der Waals surface area contributed by atoms with Crippen LogP contribution in [-0.4, -0.2) is 5.78 Å². The molecule has 0 saturated heterocycles. The maximum atomic E-state index is 13.1. The maximum absolute atomic E-state index is 13.1.